The van der Waals surface area contributed by atoms with Crippen molar-refractivity contribution in [3.05, 3.63) is 66.2 Å². The summed E-state index contributed by atoms with van der Waals surface area (Å²) in [6.07, 6.45) is 0. The van der Waals surface area contributed by atoms with Crippen LogP contribution in [0.2, 0.25) is 0 Å². The molecule has 1 atom stereocenters. The van der Waals surface area contributed by atoms with Gasteiger partial charge in [-0.25, -0.2) is 4.79 Å². The van der Waals surface area contributed by atoms with E-state index >= 15 is 0 Å². The summed E-state index contributed by atoms with van der Waals surface area (Å²) in [5.74, 6) is 0. The molecule has 1 fully saturated rings. The van der Waals surface area contributed by atoms with Crippen molar-refractivity contribution in [3.63, 3.8) is 0 Å². The normalized spacial score (nSPS) is 22.4. The minimum absolute atomic E-state index is 0.0439. The Morgan fingerprint density at radius 1 is 1.00 bits per heavy atom. The highest BCUT2D eigenvalue weighted by Crippen LogP contribution is 2.35. The smallest absolute Gasteiger partial charge is 0.322 e. The number of hydrogen-bond acceptors (Lipinski definition) is 1. The first-order chi connectivity index (χ1) is 9.22. The minimum Gasteiger partial charge on any atom is -0.335 e. The zero-order valence-corrected chi connectivity index (χ0v) is 10.8. The van der Waals surface area contributed by atoms with Crippen molar-refractivity contribution >= 4 is 11.7 Å². The van der Waals surface area contributed by atoms with E-state index in [0.717, 1.165) is 11.3 Å². The molecule has 1 N–H and O–H groups in total. The molecule has 0 radical (unpaired) electrons. The number of para-hydroxylation sites is 1. The van der Waals surface area contributed by atoms with E-state index in [1.165, 1.54) is 0 Å². The Morgan fingerprint density at radius 2 is 1.58 bits per heavy atom. The summed E-state index contributed by atoms with van der Waals surface area (Å²) < 4.78 is 0. The number of nitrogens with zero attached hydrogens (tertiary/aromatic N) is 1. The Morgan fingerprint density at radius 3 is 2.21 bits per heavy atom. The largest absolute Gasteiger partial charge is 0.335 e. The predicted molar refractivity (Wildman–Crippen MR) is 76.1 cm³/mol. The van der Waals surface area contributed by atoms with Gasteiger partial charge in [0.25, 0.3) is 0 Å². The van der Waals surface area contributed by atoms with E-state index in [-0.39, 0.29) is 11.6 Å². The average molecular weight is 252 g/mol. The Labute approximate surface area is 112 Å². The van der Waals surface area contributed by atoms with Crippen LogP contribution in [-0.2, 0) is 5.54 Å². The number of urea groups is 1. The molecule has 3 rings (SSSR count). The number of benzene rings is 2. The summed E-state index contributed by atoms with van der Waals surface area (Å²) in [4.78, 5) is 14.0. The maximum atomic E-state index is 12.2. The van der Waals surface area contributed by atoms with Gasteiger partial charge in [0.2, 0.25) is 0 Å². The third-order valence-electron chi connectivity index (χ3n) is 3.69. The van der Waals surface area contributed by atoms with Crippen LogP contribution in [-0.4, -0.2) is 12.6 Å². The first-order valence-electron chi connectivity index (χ1n) is 6.40. The molecule has 0 unspecified atom stereocenters. The molecule has 0 aromatic heterocycles. The van der Waals surface area contributed by atoms with Crippen molar-refractivity contribution in [1.29, 1.82) is 0 Å². The second kappa shape index (κ2) is 4.43. The highest BCUT2D eigenvalue weighted by Gasteiger charge is 2.43. The first-order valence-corrected chi connectivity index (χ1v) is 6.40. The summed E-state index contributed by atoms with van der Waals surface area (Å²) in [6.45, 7) is 2.71. The molecule has 0 spiro atoms. The second-order valence-electron chi connectivity index (χ2n) is 4.97. The second-order valence-corrected chi connectivity index (χ2v) is 4.97. The standard InChI is InChI=1S/C16H16N2O/c1-16(13-8-4-2-5-9-13)12-17-15(19)18(16)14-10-6-3-7-11-14/h2-11H,12H2,1H3,(H,17,19)/t16-/m0/s1. The lowest BCUT2D eigenvalue weighted by atomic mass is 9.91. The molecule has 2 aromatic carbocycles. The molecular weight excluding hydrogens is 236 g/mol. The molecule has 3 nitrogen and oxygen atoms in total. The lowest BCUT2D eigenvalue weighted by Gasteiger charge is -2.34. The van der Waals surface area contributed by atoms with E-state index in [1.54, 1.807) is 0 Å². The Hall–Kier alpha value is -2.29. The van der Waals surface area contributed by atoms with Crippen molar-refractivity contribution in [2.75, 3.05) is 11.4 Å². The van der Waals surface area contributed by atoms with Crippen molar-refractivity contribution in [1.82, 2.24) is 5.32 Å². The maximum absolute atomic E-state index is 12.2. The average Bonchev–Trinajstić information content (AvgIpc) is 2.78. The highest BCUT2D eigenvalue weighted by atomic mass is 16.2. The molecule has 1 aliphatic rings. The van der Waals surface area contributed by atoms with Gasteiger partial charge in [0.15, 0.2) is 0 Å². The van der Waals surface area contributed by atoms with Gasteiger partial charge in [0.1, 0.15) is 0 Å². The van der Waals surface area contributed by atoms with Gasteiger partial charge in [0.05, 0.1) is 5.54 Å². The fraction of sp³-hybridized carbons (Fsp3) is 0.188. The van der Waals surface area contributed by atoms with Gasteiger partial charge in [-0.05, 0) is 24.6 Å². The van der Waals surface area contributed by atoms with Crippen LogP contribution in [0.1, 0.15) is 12.5 Å². The lowest BCUT2D eigenvalue weighted by molar-refractivity contribution is 0.251. The first kappa shape index (κ1) is 11.8. The van der Waals surface area contributed by atoms with Gasteiger partial charge in [-0.3, -0.25) is 4.90 Å². The zero-order valence-electron chi connectivity index (χ0n) is 10.8. The molecule has 3 heteroatoms. The van der Waals surface area contributed by atoms with E-state index < -0.39 is 0 Å². The SMILES string of the molecule is C[C@@]1(c2ccccc2)CNC(=O)N1c1ccccc1. The summed E-state index contributed by atoms with van der Waals surface area (Å²) >= 11 is 0. The number of rotatable bonds is 2. The molecular formula is C16H16N2O. The third-order valence-corrected chi connectivity index (χ3v) is 3.69. The topological polar surface area (TPSA) is 32.3 Å². The summed E-state index contributed by atoms with van der Waals surface area (Å²) in [5.41, 5.74) is 1.71. The van der Waals surface area contributed by atoms with Crippen LogP contribution < -0.4 is 10.2 Å². The van der Waals surface area contributed by atoms with Crippen LogP contribution in [0.3, 0.4) is 0 Å². The third kappa shape index (κ3) is 1.87. The number of amides is 2. The minimum atomic E-state index is -0.348. The fourth-order valence-electron chi connectivity index (χ4n) is 2.64. The van der Waals surface area contributed by atoms with Gasteiger partial charge in [-0.1, -0.05) is 48.5 Å². The van der Waals surface area contributed by atoms with Gasteiger partial charge in [-0.2, -0.15) is 0 Å². The van der Waals surface area contributed by atoms with Crippen LogP contribution >= 0.6 is 0 Å². The molecule has 1 aliphatic heterocycles. The molecule has 1 heterocycles. The molecule has 19 heavy (non-hydrogen) atoms. The van der Waals surface area contributed by atoms with Gasteiger partial charge < -0.3 is 5.32 Å². The molecule has 0 bridgehead atoms. The quantitative estimate of drug-likeness (QED) is 0.875. The van der Waals surface area contributed by atoms with E-state index in [1.807, 2.05) is 53.4 Å². The number of carbonyl (C=O) groups is 1. The van der Waals surface area contributed by atoms with Crippen molar-refractivity contribution in [2.45, 2.75) is 12.5 Å². The van der Waals surface area contributed by atoms with E-state index in [9.17, 15) is 4.79 Å². The van der Waals surface area contributed by atoms with Crippen LogP contribution in [0.15, 0.2) is 60.7 Å². The van der Waals surface area contributed by atoms with Gasteiger partial charge in [-0.15, -0.1) is 0 Å². The number of anilines is 1. The molecule has 2 amide bonds. The molecule has 2 aromatic rings. The Kier molecular flexibility index (Phi) is 2.75. The van der Waals surface area contributed by atoms with Crippen LogP contribution in [0.5, 0.6) is 0 Å². The lowest BCUT2D eigenvalue weighted by Crippen LogP contribution is -2.42. The van der Waals surface area contributed by atoms with Crippen LogP contribution in [0, 0.1) is 0 Å². The van der Waals surface area contributed by atoms with Gasteiger partial charge in [0, 0.05) is 12.2 Å². The molecule has 0 saturated carbocycles. The highest BCUT2D eigenvalue weighted by molar-refractivity contribution is 5.96. The Bertz CT molecular complexity index is 582. The number of hydrogen-bond donors (Lipinski definition) is 1. The van der Waals surface area contributed by atoms with E-state index in [4.69, 9.17) is 0 Å². The monoisotopic (exact) mass is 252 g/mol. The number of carbonyl (C=O) groups excluding carboxylic acids is 1. The summed E-state index contributed by atoms with van der Waals surface area (Å²) in [6, 6.07) is 19.9. The number of nitrogens with one attached hydrogen (secondary N) is 1. The maximum Gasteiger partial charge on any atom is 0.322 e. The molecule has 1 saturated heterocycles. The van der Waals surface area contributed by atoms with Crippen LogP contribution in [0.4, 0.5) is 10.5 Å². The van der Waals surface area contributed by atoms with E-state index in [0.29, 0.717) is 6.54 Å². The Balaban J connectivity index is 2.08. The zero-order chi connectivity index (χ0) is 13.3. The van der Waals surface area contributed by atoms with Gasteiger partial charge >= 0.3 is 6.03 Å². The van der Waals surface area contributed by atoms with Crippen molar-refractivity contribution in [3.8, 4) is 0 Å². The summed E-state index contributed by atoms with van der Waals surface area (Å²) in [7, 11) is 0. The fourth-order valence-corrected chi connectivity index (χ4v) is 2.64. The molecule has 96 valence electrons. The van der Waals surface area contributed by atoms with Crippen LogP contribution in [0.25, 0.3) is 0 Å². The van der Waals surface area contributed by atoms with E-state index in [2.05, 4.69) is 24.4 Å². The molecule has 0 aliphatic carbocycles. The summed E-state index contributed by atoms with van der Waals surface area (Å²) in [5, 5.41) is 2.94. The van der Waals surface area contributed by atoms with Crippen molar-refractivity contribution < 1.29 is 4.79 Å². The predicted octanol–water partition coefficient (Wildman–Crippen LogP) is 3.13. The van der Waals surface area contributed by atoms with Crippen molar-refractivity contribution in [2.24, 2.45) is 0 Å².